The van der Waals surface area contributed by atoms with Crippen molar-refractivity contribution in [2.24, 2.45) is 5.73 Å². The third-order valence-electron chi connectivity index (χ3n) is 3.12. The molecule has 0 aromatic carbocycles. The second-order valence-electron chi connectivity index (χ2n) is 4.71. The summed E-state index contributed by atoms with van der Waals surface area (Å²) in [6.07, 6.45) is 4.07. The van der Waals surface area contributed by atoms with Crippen molar-refractivity contribution in [3.05, 3.63) is 22.2 Å². The Bertz CT molecular complexity index is 447. The quantitative estimate of drug-likeness (QED) is 0.779. The summed E-state index contributed by atoms with van der Waals surface area (Å²) in [7, 11) is 0. The molecule has 0 atom stereocenters. The van der Waals surface area contributed by atoms with E-state index in [-0.39, 0.29) is 17.7 Å². The standard InChI is InChI=1S/C11H15N3O2/c12-7-3-8(4-7)16-10-5-9(15)13-11(14-10)6-1-2-6/h5-8H,1-4,12H2,(H,13,14,15). The summed E-state index contributed by atoms with van der Waals surface area (Å²) >= 11 is 0. The predicted molar refractivity (Wildman–Crippen MR) is 58.5 cm³/mol. The van der Waals surface area contributed by atoms with E-state index in [4.69, 9.17) is 10.5 Å². The molecular weight excluding hydrogens is 206 g/mol. The lowest BCUT2D eigenvalue weighted by molar-refractivity contribution is 0.0952. The summed E-state index contributed by atoms with van der Waals surface area (Å²) in [6, 6.07) is 1.66. The topological polar surface area (TPSA) is 81.0 Å². The van der Waals surface area contributed by atoms with Gasteiger partial charge in [0.15, 0.2) is 0 Å². The number of aromatic nitrogens is 2. The molecule has 5 nitrogen and oxygen atoms in total. The van der Waals surface area contributed by atoms with Crippen LogP contribution in [0.4, 0.5) is 0 Å². The summed E-state index contributed by atoms with van der Waals surface area (Å²) in [5.41, 5.74) is 5.54. The number of rotatable bonds is 3. The maximum absolute atomic E-state index is 11.4. The molecule has 1 heterocycles. The highest BCUT2D eigenvalue weighted by atomic mass is 16.5. The van der Waals surface area contributed by atoms with Crippen LogP contribution >= 0.6 is 0 Å². The summed E-state index contributed by atoms with van der Waals surface area (Å²) in [5, 5.41) is 0. The largest absolute Gasteiger partial charge is 0.474 e. The first-order valence-electron chi connectivity index (χ1n) is 5.74. The maximum atomic E-state index is 11.4. The van der Waals surface area contributed by atoms with Gasteiger partial charge in [-0.25, -0.2) is 0 Å². The zero-order valence-corrected chi connectivity index (χ0v) is 8.98. The first-order valence-corrected chi connectivity index (χ1v) is 5.74. The molecule has 0 radical (unpaired) electrons. The SMILES string of the molecule is NC1CC(Oc2cc(=O)[nH]c(C3CC3)n2)C1. The second kappa shape index (κ2) is 3.59. The minimum Gasteiger partial charge on any atom is -0.474 e. The molecule has 0 aliphatic heterocycles. The number of nitrogens with one attached hydrogen (secondary N) is 1. The smallest absolute Gasteiger partial charge is 0.254 e. The van der Waals surface area contributed by atoms with Gasteiger partial charge in [0, 0.05) is 12.0 Å². The minimum absolute atomic E-state index is 0.129. The third-order valence-corrected chi connectivity index (χ3v) is 3.12. The molecule has 0 spiro atoms. The van der Waals surface area contributed by atoms with Gasteiger partial charge in [-0.15, -0.1) is 0 Å². The van der Waals surface area contributed by atoms with Gasteiger partial charge in [-0.2, -0.15) is 4.98 Å². The molecule has 0 bridgehead atoms. The number of nitrogens with two attached hydrogens (primary N) is 1. The van der Waals surface area contributed by atoms with E-state index >= 15 is 0 Å². The van der Waals surface area contributed by atoms with E-state index in [0.29, 0.717) is 11.8 Å². The van der Waals surface area contributed by atoms with Gasteiger partial charge in [-0.3, -0.25) is 4.79 Å². The van der Waals surface area contributed by atoms with E-state index < -0.39 is 0 Å². The van der Waals surface area contributed by atoms with Crippen LogP contribution in [0.2, 0.25) is 0 Å². The average molecular weight is 221 g/mol. The van der Waals surface area contributed by atoms with Gasteiger partial charge >= 0.3 is 0 Å². The molecule has 86 valence electrons. The van der Waals surface area contributed by atoms with Gasteiger partial charge in [0.2, 0.25) is 5.88 Å². The molecule has 2 aliphatic carbocycles. The van der Waals surface area contributed by atoms with Crippen LogP contribution in [0.25, 0.3) is 0 Å². The molecule has 3 rings (SSSR count). The van der Waals surface area contributed by atoms with E-state index in [1.54, 1.807) is 0 Å². The molecule has 16 heavy (non-hydrogen) atoms. The average Bonchev–Trinajstić information content (AvgIpc) is 2.97. The van der Waals surface area contributed by atoms with Crippen molar-refractivity contribution >= 4 is 0 Å². The van der Waals surface area contributed by atoms with E-state index in [0.717, 1.165) is 31.5 Å². The fourth-order valence-corrected chi connectivity index (χ4v) is 1.94. The van der Waals surface area contributed by atoms with Crippen molar-refractivity contribution in [3.8, 4) is 5.88 Å². The maximum Gasteiger partial charge on any atom is 0.254 e. The number of nitrogens with zero attached hydrogens (tertiary/aromatic N) is 1. The summed E-state index contributed by atoms with van der Waals surface area (Å²) in [4.78, 5) is 18.5. The monoisotopic (exact) mass is 221 g/mol. The molecule has 2 aliphatic rings. The van der Waals surface area contributed by atoms with Crippen molar-refractivity contribution in [3.63, 3.8) is 0 Å². The van der Waals surface area contributed by atoms with Crippen molar-refractivity contribution in [2.45, 2.75) is 43.7 Å². The lowest BCUT2D eigenvalue weighted by atomic mass is 9.90. The van der Waals surface area contributed by atoms with Crippen molar-refractivity contribution in [2.75, 3.05) is 0 Å². The van der Waals surface area contributed by atoms with Crippen LogP contribution in [-0.4, -0.2) is 22.1 Å². The second-order valence-corrected chi connectivity index (χ2v) is 4.71. The van der Waals surface area contributed by atoms with Crippen molar-refractivity contribution < 1.29 is 4.74 Å². The molecule has 1 aromatic rings. The lowest BCUT2D eigenvalue weighted by Crippen LogP contribution is -2.43. The first-order chi connectivity index (χ1) is 7.70. The molecule has 2 saturated carbocycles. The van der Waals surface area contributed by atoms with Crippen LogP contribution in [0.3, 0.4) is 0 Å². The first kappa shape index (κ1) is 9.84. The molecule has 0 saturated heterocycles. The number of aromatic amines is 1. The Kier molecular flexibility index (Phi) is 2.21. The van der Waals surface area contributed by atoms with Crippen LogP contribution in [-0.2, 0) is 0 Å². The molecule has 3 N–H and O–H groups in total. The highest BCUT2D eigenvalue weighted by molar-refractivity contribution is 5.14. The van der Waals surface area contributed by atoms with Gasteiger partial charge in [-0.1, -0.05) is 0 Å². The van der Waals surface area contributed by atoms with E-state index in [1.165, 1.54) is 6.07 Å². The van der Waals surface area contributed by atoms with Gasteiger partial charge < -0.3 is 15.5 Å². The molecule has 0 unspecified atom stereocenters. The Morgan fingerprint density at radius 1 is 1.44 bits per heavy atom. The fraction of sp³-hybridized carbons (Fsp3) is 0.636. The Morgan fingerprint density at radius 2 is 2.19 bits per heavy atom. The van der Waals surface area contributed by atoms with Crippen LogP contribution < -0.4 is 16.0 Å². The van der Waals surface area contributed by atoms with Crippen LogP contribution in [0.15, 0.2) is 10.9 Å². The van der Waals surface area contributed by atoms with E-state index in [9.17, 15) is 4.79 Å². The highest BCUT2D eigenvalue weighted by Crippen LogP contribution is 2.38. The van der Waals surface area contributed by atoms with E-state index in [2.05, 4.69) is 9.97 Å². The van der Waals surface area contributed by atoms with Crippen molar-refractivity contribution in [1.29, 1.82) is 0 Å². The van der Waals surface area contributed by atoms with Crippen LogP contribution in [0.1, 0.15) is 37.4 Å². The molecule has 1 aromatic heterocycles. The van der Waals surface area contributed by atoms with Gasteiger partial charge in [0.1, 0.15) is 11.9 Å². The Hall–Kier alpha value is -1.36. The lowest BCUT2D eigenvalue weighted by Gasteiger charge is -2.32. The normalized spacial score (nSPS) is 28.6. The van der Waals surface area contributed by atoms with Gasteiger partial charge in [-0.05, 0) is 25.7 Å². The molecule has 0 amide bonds. The third kappa shape index (κ3) is 1.95. The predicted octanol–water partition coefficient (Wildman–Crippen LogP) is 0.516. The number of ether oxygens (including phenoxy) is 1. The minimum atomic E-state index is -0.129. The van der Waals surface area contributed by atoms with Crippen molar-refractivity contribution in [1.82, 2.24) is 9.97 Å². The number of hydrogen-bond donors (Lipinski definition) is 2. The fourth-order valence-electron chi connectivity index (χ4n) is 1.94. The summed E-state index contributed by atoms with van der Waals surface area (Å²) in [6.45, 7) is 0. The van der Waals surface area contributed by atoms with Crippen LogP contribution in [0.5, 0.6) is 5.88 Å². The Morgan fingerprint density at radius 3 is 2.81 bits per heavy atom. The van der Waals surface area contributed by atoms with Gasteiger partial charge in [0.25, 0.3) is 5.56 Å². The molecule has 2 fully saturated rings. The summed E-state index contributed by atoms with van der Waals surface area (Å²) < 4.78 is 5.61. The number of hydrogen-bond acceptors (Lipinski definition) is 4. The highest BCUT2D eigenvalue weighted by Gasteiger charge is 2.30. The van der Waals surface area contributed by atoms with Gasteiger partial charge in [0.05, 0.1) is 6.07 Å². The summed E-state index contributed by atoms with van der Waals surface area (Å²) in [5.74, 6) is 1.65. The molecule has 5 heteroatoms. The zero-order valence-electron chi connectivity index (χ0n) is 8.98. The Balaban J connectivity index is 1.75. The van der Waals surface area contributed by atoms with Crippen LogP contribution in [0, 0.1) is 0 Å². The number of H-pyrrole nitrogens is 1. The molecular formula is C11H15N3O2. The zero-order chi connectivity index (χ0) is 11.1. The Labute approximate surface area is 93.0 Å². The van der Waals surface area contributed by atoms with E-state index in [1.807, 2.05) is 0 Å².